The normalized spacial score (nSPS) is 21.6. The van der Waals surface area contributed by atoms with Crippen molar-refractivity contribution in [3.05, 3.63) is 29.8 Å². The van der Waals surface area contributed by atoms with Gasteiger partial charge in [0.05, 0.1) is 12.0 Å². The highest BCUT2D eigenvalue weighted by molar-refractivity contribution is 7.98. The van der Waals surface area contributed by atoms with Crippen molar-refractivity contribution in [2.45, 2.75) is 37.6 Å². The number of hydrogen-bond acceptors (Lipinski definition) is 5. The highest BCUT2D eigenvalue weighted by Gasteiger charge is 2.43. The second-order valence-electron chi connectivity index (χ2n) is 6.41. The summed E-state index contributed by atoms with van der Waals surface area (Å²) in [6.45, 7) is 5.55. The van der Waals surface area contributed by atoms with Gasteiger partial charge in [-0.15, -0.1) is 11.8 Å². The van der Waals surface area contributed by atoms with Gasteiger partial charge in [-0.1, -0.05) is 12.1 Å². The fraction of sp³-hybridized carbons (Fsp3) is 0.632. The Kier molecular flexibility index (Phi) is 7.59. The summed E-state index contributed by atoms with van der Waals surface area (Å²) in [5, 5.41) is 0. The van der Waals surface area contributed by atoms with Crippen molar-refractivity contribution in [3.8, 4) is 0 Å². The summed E-state index contributed by atoms with van der Waals surface area (Å²) in [4.78, 5) is 16.3. The van der Waals surface area contributed by atoms with Gasteiger partial charge in [0.15, 0.2) is 0 Å². The smallest absolute Gasteiger partial charge is 0.313 e. The van der Waals surface area contributed by atoms with E-state index >= 15 is 0 Å². The van der Waals surface area contributed by atoms with Crippen molar-refractivity contribution >= 4 is 17.7 Å². The highest BCUT2D eigenvalue weighted by Crippen LogP contribution is 2.36. The molecule has 5 heteroatoms. The van der Waals surface area contributed by atoms with Crippen molar-refractivity contribution in [2.75, 3.05) is 39.7 Å². The standard InChI is InChI=1S/C19H29NO3S/c1-4-23-18(21)19(10-12-22-2)9-6-11-20(15-19)14-16-7-5-8-17(13-16)24-3/h5,7-8,13H,4,6,9-12,14-15H2,1-3H3/t19-/m1/s1. The van der Waals surface area contributed by atoms with Crippen molar-refractivity contribution < 1.29 is 14.3 Å². The van der Waals surface area contributed by atoms with E-state index in [2.05, 4.69) is 35.4 Å². The third-order valence-electron chi connectivity index (χ3n) is 4.69. The summed E-state index contributed by atoms with van der Waals surface area (Å²) in [6, 6.07) is 8.64. The molecule has 1 atom stereocenters. The van der Waals surface area contributed by atoms with Gasteiger partial charge in [0.1, 0.15) is 0 Å². The van der Waals surface area contributed by atoms with Crippen molar-refractivity contribution in [1.82, 2.24) is 4.90 Å². The zero-order valence-corrected chi connectivity index (χ0v) is 15.9. The third kappa shape index (κ3) is 4.98. The number of benzene rings is 1. The highest BCUT2D eigenvalue weighted by atomic mass is 32.2. The molecule has 0 aliphatic carbocycles. The van der Waals surface area contributed by atoms with Crippen LogP contribution >= 0.6 is 11.8 Å². The molecule has 1 heterocycles. The van der Waals surface area contributed by atoms with Gasteiger partial charge in [-0.25, -0.2) is 0 Å². The van der Waals surface area contributed by atoms with E-state index in [0.717, 1.165) is 38.9 Å². The van der Waals surface area contributed by atoms with Crippen LogP contribution in [0.25, 0.3) is 0 Å². The number of piperidine rings is 1. The Balaban J connectivity index is 2.09. The summed E-state index contributed by atoms with van der Waals surface area (Å²) in [6.07, 6.45) is 4.72. The van der Waals surface area contributed by atoms with Crippen LogP contribution in [0.1, 0.15) is 31.7 Å². The predicted octanol–water partition coefficient (Wildman–Crippen LogP) is 3.59. The minimum absolute atomic E-state index is 0.0652. The number of esters is 1. The minimum Gasteiger partial charge on any atom is -0.466 e. The zero-order valence-electron chi connectivity index (χ0n) is 15.0. The molecule has 0 radical (unpaired) electrons. The maximum Gasteiger partial charge on any atom is 0.313 e. The molecule has 2 rings (SSSR count). The van der Waals surface area contributed by atoms with E-state index in [4.69, 9.17) is 9.47 Å². The first-order valence-electron chi connectivity index (χ1n) is 8.65. The van der Waals surface area contributed by atoms with Crippen LogP contribution in [0.2, 0.25) is 0 Å². The van der Waals surface area contributed by atoms with Crippen LogP contribution in [0.4, 0.5) is 0 Å². The molecule has 0 amide bonds. The van der Waals surface area contributed by atoms with Gasteiger partial charge in [-0.2, -0.15) is 0 Å². The van der Waals surface area contributed by atoms with Gasteiger partial charge in [0.25, 0.3) is 0 Å². The lowest BCUT2D eigenvalue weighted by molar-refractivity contribution is -0.160. The number of rotatable bonds is 8. The van der Waals surface area contributed by atoms with E-state index in [9.17, 15) is 4.79 Å². The van der Waals surface area contributed by atoms with Crippen LogP contribution in [0.15, 0.2) is 29.2 Å². The number of nitrogens with zero attached hydrogens (tertiary/aromatic N) is 1. The van der Waals surface area contributed by atoms with Crippen molar-refractivity contribution in [3.63, 3.8) is 0 Å². The van der Waals surface area contributed by atoms with Gasteiger partial charge >= 0.3 is 5.97 Å². The molecule has 4 nitrogen and oxygen atoms in total. The second kappa shape index (κ2) is 9.44. The molecule has 1 fully saturated rings. The molecule has 0 saturated carbocycles. The van der Waals surface area contributed by atoms with Gasteiger partial charge in [0, 0.05) is 31.7 Å². The number of carbonyl (C=O) groups is 1. The summed E-state index contributed by atoms with van der Waals surface area (Å²) < 4.78 is 10.6. The molecule has 0 unspecified atom stereocenters. The molecule has 0 bridgehead atoms. The van der Waals surface area contributed by atoms with Crippen LogP contribution in [-0.4, -0.2) is 50.5 Å². The number of carbonyl (C=O) groups excluding carboxylic acids is 1. The van der Waals surface area contributed by atoms with E-state index in [1.165, 1.54) is 10.5 Å². The predicted molar refractivity (Wildman–Crippen MR) is 98.3 cm³/mol. The Morgan fingerprint density at radius 3 is 2.96 bits per heavy atom. The van der Waals surface area contributed by atoms with Gasteiger partial charge < -0.3 is 9.47 Å². The quantitative estimate of drug-likeness (QED) is 0.529. The second-order valence-corrected chi connectivity index (χ2v) is 7.29. The average Bonchev–Trinajstić information content (AvgIpc) is 2.60. The lowest BCUT2D eigenvalue weighted by Crippen LogP contribution is -2.48. The molecule has 1 aromatic rings. The number of thioether (sulfide) groups is 1. The molecule has 0 aromatic heterocycles. The maximum atomic E-state index is 12.6. The molecule has 1 aliphatic heterocycles. The summed E-state index contributed by atoms with van der Waals surface area (Å²) in [5.41, 5.74) is 0.870. The minimum atomic E-state index is -0.429. The number of methoxy groups -OCH3 is 1. The Hall–Kier alpha value is -1.04. The van der Waals surface area contributed by atoms with Gasteiger partial charge in [-0.3, -0.25) is 9.69 Å². The molecule has 0 N–H and O–H groups in total. The molecule has 134 valence electrons. The number of likely N-dealkylation sites (tertiary alicyclic amines) is 1. The number of hydrogen-bond donors (Lipinski definition) is 0. The van der Waals surface area contributed by atoms with Crippen LogP contribution in [0, 0.1) is 5.41 Å². The first-order chi connectivity index (χ1) is 11.6. The lowest BCUT2D eigenvalue weighted by Gasteiger charge is -2.41. The summed E-state index contributed by atoms with van der Waals surface area (Å²) in [7, 11) is 1.69. The van der Waals surface area contributed by atoms with Crippen molar-refractivity contribution in [1.29, 1.82) is 0 Å². The van der Waals surface area contributed by atoms with Gasteiger partial charge in [-0.05, 0) is 56.7 Å². The SMILES string of the molecule is CCOC(=O)[C@@]1(CCOC)CCCN(Cc2cccc(SC)c2)C1. The fourth-order valence-corrected chi connectivity index (χ4v) is 3.93. The van der Waals surface area contributed by atoms with Crippen LogP contribution in [0.5, 0.6) is 0 Å². The Morgan fingerprint density at radius 2 is 2.25 bits per heavy atom. The monoisotopic (exact) mass is 351 g/mol. The van der Waals surface area contributed by atoms with Gasteiger partial charge in [0.2, 0.25) is 0 Å². The largest absolute Gasteiger partial charge is 0.466 e. The fourth-order valence-electron chi connectivity index (χ4n) is 3.45. The Labute approximate surface area is 149 Å². The first-order valence-corrected chi connectivity index (χ1v) is 9.87. The van der Waals surface area contributed by atoms with E-state index in [0.29, 0.717) is 13.2 Å². The molecule has 1 aromatic carbocycles. The molecule has 1 aliphatic rings. The molecular formula is C19H29NO3S. The first kappa shape index (κ1) is 19.3. The number of ether oxygens (including phenoxy) is 2. The Morgan fingerprint density at radius 1 is 1.42 bits per heavy atom. The van der Waals surface area contributed by atoms with Crippen LogP contribution < -0.4 is 0 Å². The lowest BCUT2D eigenvalue weighted by atomic mass is 9.77. The molecule has 1 saturated heterocycles. The Bertz CT molecular complexity index is 537. The molecular weight excluding hydrogens is 322 g/mol. The third-order valence-corrected chi connectivity index (χ3v) is 5.41. The topological polar surface area (TPSA) is 38.8 Å². The van der Waals surface area contributed by atoms with Crippen LogP contribution in [0.3, 0.4) is 0 Å². The van der Waals surface area contributed by atoms with E-state index < -0.39 is 5.41 Å². The van der Waals surface area contributed by atoms with Crippen LogP contribution in [-0.2, 0) is 20.8 Å². The van der Waals surface area contributed by atoms with E-state index in [-0.39, 0.29) is 5.97 Å². The summed E-state index contributed by atoms with van der Waals surface area (Å²) >= 11 is 1.76. The van der Waals surface area contributed by atoms with Crippen molar-refractivity contribution in [2.24, 2.45) is 5.41 Å². The average molecular weight is 352 g/mol. The maximum absolute atomic E-state index is 12.6. The molecule has 0 spiro atoms. The summed E-state index contributed by atoms with van der Waals surface area (Å²) in [5.74, 6) is -0.0652. The van der Waals surface area contributed by atoms with E-state index in [1.54, 1.807) is 18.9 Å². The zero-order chi connectivity index (χ0) is 17.4. The van der Waals surface area contributed by atoms with E-state index in [1.807, 2.05) is 6.92 Å². The molecule has 24 heavy (non-hydrogen) atoms.